The number of pyridine rings is 12. The largest absolute Gasteiger partial charge is 0.276 e. The summed E-state index contributed by atoms with van der Waals surface area (Å²) in [6, 6.07) is 101. The maximum absolute atomic E-state index is 5.33. The Bertz CT molecular complexity index is 9460. The molecule has 8 aliphatic rings. The van der Waals surface area contributed by atoms with E-state index in [1.807, 2.05) is 98.4 Å². The number of aromatic nitrogens is 16. The minimum atomic E-state index is 0.875. The molecule has 648 valence electrons. The third-order valence-corrected chi connectivity index (χ3v) is 31.8. The number of nitrogens with zero attached hydrogens (tertiary/aromatic N) is 16. The number of fused-ring (bicyclic) bond motifs is 64. The van der Waals surface area contributed by atoms with E-state index in [1.54, 1.807) is 0 Å². The van der Waals surface area contributed by atoms with E-state index in [4.69, 9.17) is 49.8 Å². The standard InChI is InChI=1S/4C31H18N4/c1-2-6-20-17(5-1)16-24-21(20)11-9-18-15-19-10-12-25-29(27(19)26(18)24)34-31-23-8-3-13-32-28(23)22-7-4-14-33-30(22)35(25)31;1-2-6-20-17(5-1)16-24-21(20)11-9-18-15-19-10-12-25-29(27(19)26(18)24)34-31-28-22(7-3-13-32-28)23-8-4-14-33-30(23)35(25)31;1-2-5-20-17(4-1)15-24-21(20)9-7-18-14-19-8-10-26-29(28(19)27(18)24)34-31-25-16-32-13-11-22(25)23-6-3-12-33-30(23)35(26)31;1-2-5-20-17(4-1)15-24-21(20)9-7-18-14-19-8-10-26-29(28(19)27(18)24)34-31-23-11-13-32-16-25(23)22-6-3-12-33-30(22)35(26)31/h2*1-14H,15-16H2;2*1-13,16H,14-15H2. The van der Waals surface area contributed by atoms with Crippen molar-refractivity contribution in [2.75, 3.05) is 0 Å². The lowest BCUT2D eigenvalue weighted by Gasteiger charge is -2.10. The molecular formula is C124H72N16. The first-order valence-electron chi connectivity index (χ1n) is 48.2. The van der Waals surface area contributed by atoms with Crippen molar-refractivity contribution in [3.05, 3.63) is 430 Å². The molecule has 0 unspecified atom stereocenters. The molecule has 0 amide bonds. The lowest BCUT2D eigenvalue weighted by molar-refractivity contribution is 1.22. The first kappa shape index (κ1) is 75.1. The smallest absolute Gasteiger partial charge is 0.166 e. The second-order valence-corrected chi connectivity index (χ2v) is 38.6. The Kier molecular flexibility index (Phi) is 14.9. The van der Waals surface area contributed by atoms with E-state index in [9.17, 15) is 0 Å². The number of imidazole rings is 4. The molecule has 0 atom stereocenters. The molecule has 0 saturated carbocycles. The van der Waals surface area contributed by atoms with Gasteiger partial charge < -0.3 is 0 Å². The van der Waals surface area contributed by atoms with E-state index in [1.165, 1.54) is 178 Å². The summed E-state index contributed by atoms with van der Waals surface area (Å²) in [5, 5.41) is 10.9. The summed E-state index contributed by atoms with van der Waals surface area (Å²) in [5.74, 6) is 0. The van der Waals surface area contributed by atoms with Gasteiger partial charge in [-0.25, -0.2) is 39.9 Å². The molecule has 0 saturated heterocycles. The first-order chi connectivity index (χ1) is 69.5. The third kappa shape index (κ3) is 10.1. The van der Waals surface area contributed by atoms with Gasteiger partial charge >= 0.3 is 0 Å². The molecule has 0 bridgehead atoms. The van der Waals surface area contributed by atoms with Gasteiger partial charge in [-0.15, -0.1) is 0 Å². The van der Waals surface area contributed by atoms with Crippen molar-refractivity contribution in [1.29, 1.82) is 0 Å². The molecule has 36 rings (SSSR count). The molecule has 8 aliphatic carbocycles. The molecule has 0 radical (unpaired) electrons. The Hall–Kier alpha value is -18.3. The Morgan fingerprint density at radius 3 is 0.843 bits per heavy atom. The monoisotopic (exact) mass is 1780 g/mol. The molecule has 16 aromatic heterocycles. The van der Waals surface area contributed by atoms with E-state index < -0.39 is 0 Å². The predicted octanol–water partition coefficient (Wildman–Crippen LogP) is 26.9. The van der Waals surface area contributed by atoms with Crippen LogP contribution in [0.15, 0.2) is 341 Å². The summed E-state index contributed by atoms with van der Waals surface area (Å²) in [5.41, 5.74) is 62.1. The van der Waals surface area contributed by atoms with Gasteiger partial charge in [-0.3, -0.25) is 37.5 Å². The second kappa shape index (κ2) is 27.7. The molecule has 0 N–H and O–H groups in total. The molecule has 12 aromatic carbocycles. The first-order valence-corrected chi connectivity index (χ1v) is 48.2. The highest BCUT2D eigenvalue weighted by Gasteiger charge is 2.38. The van der Waals surface area contributed by atoms with Crippen molar-refractivity contribution >= 4 is 154 Å². The van der Waals surface area contributed by atoms with Gasteiger partial charge in [0.15, 0.2) is 5.65 Å². The lowest BCUT2D eigenvalue weighted by atomic mass is 9.94. The van der Waals surface area contributed by atoms with Crippen molar-refractivity contribution in [3.63, 3.8) is 0 Å². The van der Waals surface area contributed by atoms with Crippen molar-refractivity contribution in [2.45, 2.75) is 51.4 Å². The van der Waals surface area contributed by atoms with Crippen LogP contribution in [0.2, 0.25) is 0 Å². The van der Waals surface area contributed by atoms with Crippen molar-refractivity contribution in [3.8, 4) is 89.0 Å². The Balaban J connectivity index is 0.0000000829. The minimum Gasteiger partial charge on any atom is -0.276 e. The van der Waals surface area contributed by atoms with E-state index in [2.05, 4.69) is 270 Å². The van der Waals surface area contributed by atoms with Crippen LogP contribution in [-0.2, 0) is 51.4 Å². The van der Waals surface area contributed by atoms with E-state index in [-0.39, 0.29) is 0 Å². The molecule has 0 fully saturated rings. The summed E-state index contributed by atoms with van der Waals surface area (Å²) in [7, 11) is 0. The normalized spacial score (nSPS) is 13.5. The molecule has 16 heterocycles. The zero-order valence-electron chi connectivity index (χ0n) is 75.1. The summed E-state index contributed by atoms with van der Waals surface area (Å²) >= 11 is 0. The van der Waals surface area contributed by atoms with Gasteiger partial charge in [0.2, 0.25) is 0 Å². The summed E-state index contributed by atoms with van der Waals surface area (Å²) in [4.78, 5) is 58.8. The van der Waals surface area contributed by atoms with Crippen LogP contribution in [0.4, 0.5) is 0 Å². The highest BCUT2D eigenvalue weighted by atomic mass is 15.1. The molecule has 140 heavy (non-hydrogen) atoms. The van der Waals surface area contributed by atoms with Crippen LogP contribution in [0.5, 0.6) is 0 Å². The van der Waals surface area contributed by atoms with Crippen molar-refractivity contribution < 1.29 is 0 Å². The molecule has 0 spiro atoms. The van der Waals surface area contributed by atoms with Crippen LogP contribution in [-0.4, -0.2) is 77.4 Å². The highest BCUT2D eigenvalue weighted by molar-refractivity contribution is 6.19. The second-order valence-electron chi connectivity index (χ2n) is 38.6. The van der Waals surface area contributed by atoms with Gasteiger partial charge in [0.25, 0.3) is 0 Å². The van der Waals surface area contributed by atoms with Gasteiger partial charge in [0.1, 0.15) is 45.0 Å². The number of benzene rings is 12. The fraction of sp³-hybridized carbons (Fsp3) is 0.0645. The Morgan fingerprint density at radius 2 is 0.436 bits per heavy atom. The SMILES string of the molecule is c1ccc2c(c1)Cc1c-2ccc2c1-c1c(ccc3c1nc1c4cccnc4c4cccnc4n31)C2.c1ccc2c(c1)Cc1c-2ccc2c1-c1c(ccc3c1nc1c4ccncc4c4cccnc4n31)C2.c1ccc2c(c1)Cc1c-2ccc2c1-c1c(ccc3c1nc1c4cnccc4c4cccnc4n31)C2.c1ccc2c(c1)Cc1c-2ccc2c1-c1c(ccc3c1nc1c4ncccc4c4cccnc4n31)C2. The summed E-state index contributed by atoms with van der Waals surface area (Å²) < 4.78 is 8.90. The van der Waals surface area contributed by atoms with E-state index in [0.29, 0.717) is 0 Å². The fourth-order valence-corrected chi connectivity index (χ4v) is 26.0. The Morgan fingerprint density at radius 1 is 0.157 bits per heavy atom. The van der Waals surface area contributed by atoms with Crippen molar-refractivity contribution in [2.24, 2.45) is 0 Å². The number of hydrogen-bond donors (Lipinski definition) is 0. The molecular weight excluding hydrogens is 1710 g/mol. The van der Waals surface area contributed by atoms with Crippen LogP contribution < -0.4 is 0 Å². The molecule has 28 aromatic rings. The van der Waals surface area contributed by atoms with Gasteiger partial charge in [0.05, 0.1) is 49.7 Å². The van der Waals surface area contributed by atoms with Gasteiger partial charge in [-0.2, -0.15) is 0 Å². The fourth-order valence-electron chi connectivity index (χ4n) is 26.0. The van der Waals surface area contributed by atoms with Crippen LogP contribution in [0.3, 0.4) is 0 Å². The quantitative estimate of drug-likeness (QED) is 0.132. The minimum absolute atomic E-state index is 0.875. The van der Waals surface area contributed by atoms with Crippen LogP contribution in [0.25, 0.3) is 243 Å². The summed E-state index contributed by atoms with van der Waals surface area (Å²) in [6.07, 6.45) is 26.5. The summed E-state index contributed by atoms with van der Waals surface area (Å²) in [6.45, 7) is 0. The van der Waals surface area contributed by atoms with Gasteiger partial charge in [-0.1, -0.05) is 176 Å². The lowest BCUT2D eigenvalue weighted by Crippen LogP contribution is -1.94. The average molecular weight is 1790 g/mol. The van der Waals surface area contributed by atoms with Crippen LogP contribution in [0.1, 0.15) is 89.0 Å². The van der Waals surface area contributed by atoms with Gasteiger partial charge in [0, 0.05) is 133 Å². The maximum atomic E-state index is 5.33. The maximum Gasteiger partial charge on any atom is 0.166 e. The van der Waals surface area contributed by atoms with Crippen LogP contribution >= 0.6 is 0 Å². The predicted molar refractivity (Wildman–Crippen MR) is 559 cm³/mol. The molecule has 16 nitrogen and oxygen atoms in total. The molecule has 0 aliphatic heterocycles. The molecule has 16 heteroatoms. The van der Waals surface area contributed by atoms with Crippen LogP contribution in [0, 0.1) is 0 Å². The van der Waals surface area contributed by atoms with Gasteiger partial charge in [-0.05, 0) is 316 Å². The highest BCUT2D eigenvalue weighted by Crippen LogP contribution is 2.57. The third-order valence-electron chi connectivity index (χ3n) is 31.8. The van der Waals surface area contributed by atoms with E-state index >= 15 is 0 Å². The number of hydrogen-bond acceptors (Lipinski definition) is 12. The zero-order valence-corrected chi connectivity index (χ0v) is 75.1. The average Bonchev–Trinajstić information content (AvgIpc) is 1.55. The Labute approximate surface area is 796 Å². The zero-order chi connectivity index (χ0) is 90.7. The van der Waals surface area contributed by atoms with E-state index in [0.717, 1.165) is 206 Å². The number of rotatable bonds is 0. The van der Waals surface area contributed by atoms with Crippen molar-refractivity contribution in [1.82, 2.24) is 77.4 Å². The topological polar surface area (TPSA) is 172 Å².